The van der Waals surface area contributed by atoms with E-state index >= 15 is 0 Å². The third kappa shape index (κ3) is 5.51. The van der Waals surface area contributed by atoms with E-state index in [2.05, 4.69) is 0 Å². The molecule has 11 nitrogen and oxygen atoms in total. The summed E-state index contributed by atoms with van der Waals surface area (Å²) in [6, 6.07) is 0. The molecular formula is C34H45ClO11. The number of rotatable bonds is 13. The molecule has 0 heterocycles. The Balaban J connectivity index is 2.00. The Morgan fingerprint density at radius 1 is 1.02 bits per heavy atom. The SMILES string of the molecule is CCC(=O)OCC(=O)[C@@]1(OC(=O)CC)[C@@H](C)C[C@H]2[C@@H]3CCC4=CC(=O)C=C[C@]4(C)C3(Cl)[C@@H](O)C[C@@]21C(CCC(=O)O)CCC(=O)O. The highest BCUT2D eigenvalue weighted by molar-refractivity contribution is 6.26. The van der Waals surface area contributed by atoms with Crippen molar-refractivity contribution >= 4 is 47.0 Å². The van der Waals surface area contributed by atoms with Gasteiger partial charge in [-0.1, -0.05) is 39.3 Å². The minimum atomic E-state index is -1.98. The lowest BCUT2D eigenvalue weighted by Gasteiger charge is -2.66. The number of carboxylic acid groups (broad SMARTS) is 2. The van der Waals surface area contributed by atoms with Gasteiger partial charge in [-0.3, -0.25) is 28.8 Å². The van der Waals surface area contributed by atoms with Gasteiger partial charge in [0.25, 0.3) is 0 Å². The molecule has 0 saturated heterocycles. The molecule has 0 aromatic rings. The highest BCUT2D eigenvalue weighted by Gasteiger charge is 2.79. The van der Waals surface area contributed by atoms with Crippen LogP contribution in [0, 0.1) is 34.5 Å². The van der Waals surface area contributed by atoms with Gasteiger partial charge in [0.05, 0.1) is 11.0 Å². The van der Waals surface area contributed by atoms with Gasteiger partial charge in [0.2, 0.25) is 5.78 Å². The summed E-state index contributed by atoms with van der Waals surface area (Å²) in [5, 5.41) is 31.9. The number of fused-ring (bicyclic) bond motifs is 5. The first kappa shape index (κ1) is 35.8. The molecule has 0 aromatic carbocycles. The van der Waals surface area contributed by atoms with Crippen molar-refractivity contribution in [2.24, 2.45) is 34.5 Å². The fourth-order valence-corrected chi connectivity index (χ4v) is 10.2. The Hall–Kier alpha value is -3.05. The summed E-state index contributed by atoms with van der Waals surface area (Å²) in [5.74, 6) is -7.01. The summed E-state index contributed by atoms with van der Waals surface area (Å²) in [6.45, 7) is 6.06. The molecule has 3 saturated carbocycles. The smallest absolute Gasteiger partial charge is 0.306 e. The van der Waals surface area contributed by atoms with E-state index in [0.717, 1.165) is 5.57 Å². The minimum absolute atomic E-state index is 0.00178. The second-order valence-electron chi connectivity index (χ2n) is 13.6. The number of aliphatic hydroxyl groups excluding tert-OH is 1. The Kier molecular flexibility index (Phi) is 10.3. The van der Waals surface area contributed by atoms with Gasteiger partial charge in [-0.05, 0) is 68.4 Å². The van der Waals surface area contributed by atoms with Crippen molar-refractivity contribution in [1.82, 2.24) is 0 Å². The average Bonchev–Trinajstić information content (AvgIpc) is 3.24. The Morgan fingerprint density at radius 3 is 2.20 bits per heavy atom. The zero-order valence-electron chi connectivity index (χ0n) is 26.9. The molecular weight excluding hydrogens is 620 g/mol. The quantitative estimate of drug-likeness (QED) is 0.187. The van der Waals surface area contributed by atoms with E-state index in [1.165, 1.54) is 6.08 Å². The van der Waals surface area contributed by atoms with Gasteiger partial charge < -0.3 is 24.8 Å². The number of hydrogen-bond donors (Lipinski definition) is 3. The minimum Gasteiger partial charge on any atom is -0.481 e. The predicted octanol–water partition coefficient (Wildman–Crippen LogP) is 4.41. The van der Waals surface area contributed by atoms with Crippen molar-refractivity contribution < 1.29 is 53.6 Å². The molecule has 0 bridgehead atoms. The molecule has 0 aromatic heterocycles. The van der Waals surface area contributed by atoms with Crippen molar-refractivity contribution in [3.8, 4) is 0 Å². The first-order valence-corrected chi connectivity index (χ1v) is 16.6. The van der Waals surface area contributed by atoms with Crippen LogP contribution in [0.5, 0.6) is 0 Å². The van der Waals surface area contributed by atoms with Crippen molar-refractivity contribution in [2.75, 3.05) is 6.61 Å². The number of carbonyl (C=O) groups is 6. The summed E-state index contributed by atoms with van der Waals surface area (Å²) in [6.07, 6.45) is 3.43. The number of halogens is 1. The molecule has 0 spiro atoms. The number of ether oxygens (including phenoxy) is 2. The summed E-state index contributed by atoms with van der Waals surface area (Å²) >= 11 is 7.65. The number of Topliss-reactive ketones (excluding diaryl/α,β-unsaturated/α-hetero) is 1. The van der Waals surface area contributed by atoms with Crippen molar-refractivity contribution in [3.05, 3.63) is 23.8 Å². The summed E-state index contributed by atoms with van der Waals surface area (Å²) < 4.78 is 11.6. The molecule has 12 heteroatoms. The van der Waals surface area contributed by atoms with Crippen LogP contribution >= 0.6 is 11.6 Å². The number of allylic oxidation sites excluding steroid dienone is 4. The maximum Gasteiger partial charge on any atom is 0.306 e. The van der Waals surface area contributed by atoms with Crippen molar-refractivity contribution in [3.63, 3.8) is 0 Å². The lowest BCUT2D eigenvalue weighted by Crippen LogP contribution is -2.72. The number of ketones is 2. The molecule has 8 atom stereocenters. The Labute approximate surface area is 273 Å². The van der Waals surface area contributed by atoms with Crippen LogP contribution in [0.2, 0.25) is 0 Å². The van der Waals surface area contributed by atoms with Crippen LogP contribution in [0.1, 0.15) is 91.9 Å². The molecule has 4 aliphatic rings. The predicted molar refractivity (Wildman–Crippen MR) is 165 cm³/mol. The summed E-state index contributed by atoms with van der Waals surface area (Å²) in [5.41, 5.74) is -3.59. The number of aliphatic carboxylic acids is 2. The van der Waals surface area contributed by atoms with Gasteiger partial charge in [-0.15, -0.1) is 11.6 Å². The molecule has 0 amide bonds. The second-order valence-corrected chi connectivity index (χ2v) is 14.2. The Bertz CT molecular complexity index is 1340. The van der Waals surface area contributed by atoms with E-state index in [0.29, 0.717) is 19.3 Å². The zero-order chi connectivity index (χ0) is 34.2. The van der Waals surface area contributed by atoms with Crippen LogP contribution < -0.4 is 0 Å². The topological polar surface area (TPSA) is 182 Å². The number of esters is 2. The van der Waals surface area contributed by atoms with Crippen LogP contribution in [-0.2, 0) is 38.2 Å². The van der Waals surface area contributed by atoms with E-state index in [1.807, 2.05) is 6.92 Å². The number of carbonyl (C=O) groups excluding carboxylic acids is 4. The van der Waals surface area contributed by atoms with Crippen LogP contribution in [0.3, 0.4) is 0 Å². The molecule has 0 aliphatic heterocycles. The van der Waals surface area contributed by atoms with Gasteiger partial charge in [0.1, 0.15) is 0 Å². The Morgan fingerprint density at radius 2 is 1.63 bits per heavy atom. The number of hydrogen-bond acceptors (Lipinski definition) is 9. The average molecular weight is 665 g/mol. The first-order chi connectivity index (χ1) is 21.5. The van der Waals surface area contributed by atoms with Crippen LogP contribution in [-0.4, -0.2) is 73.9 Å². The van der Waals surface area contributed by atoms with E-state index in [9.17, 15) is 44.1 Å². The third-order valence-electron chi connectivity index (χ3n) is 11.6. The van der Waals surface area contributed by atoms with Crippen molar-refractivity contribution in [1.29, 1.82) is 0 Å². The van der Waals surface area contributed by atoms with Crippen molar-refractivity contribution in [2.45, 2.75) is 108 Å². The van der Waals surface area contributed by atoms with Gasteiger partial charge >= 0.3 is 23.9 Å². The summed E-state index contributed by atoms with van der Waals surface area (Å²) in [7, 11) is 0. The molecule has 3 fully saturated rings. The second kappa shape index (κ2) is 13.2. The number of alkyl halides is 1. The molecule has 1 unspecified atom stereocenters. The zero-order valence-corrected chi connectivity index (χ0v) is 27.6. The third-order valence-corrected chi connectivity index (χ3v) is 12.5. The highest BCUT2D eigenvalue weighted by Crippen LogP contribution is 2.74. The number of carboxylic acids is 2. The van der Waals surface area contributed by atoms with E-state index in [1.54, 1.807) is 32.9 Å². The first-order valence-electron chi connectivity index (χ1n) is 16.2. The fraction of sp³-hybridized carbons (Fsp3) is 0.706. The monoisotopic (exact) mass is 664 g/mol. The maximum atomic E-state index is 14.6. The van der Waals surface area contributed by atoms with E-state index in [-0.39, 0.29) is 50.7 Å². The standard InChI is InChI=1S/C34H45ClO11/c1-5-29(43)45-18-26(38)34(46-30(44)6-2)19(3)15-24-23-10-7-21-16-22(36)13-14-31(21,4)33(23,35)25(37)17-32(24,34)20(8-11-27(39)40)9-12-28(41)42/h13-14,16,19-20,23-25,37H,5-12,15,17-18H2,1-4H3,(H,39,40)(H,41,42)/t19-,23-,24-,25-,31-,32+,33?,34-/m0/s1. The van der Waals surface area contributed by atoms with Gasteiger partial charge in [-0.25, -0.2) is 0 Å². The lowest BCUT2D eigenvalue weighted by molar-refractivity contribution is -0.220. The summed E-state index contributed by atoms with van der Waals surface area (Å²) in [4.78, 5) is 75.0. The highest BCUT2D eigenvalue weighted by atomic mass is 35.5. The number of aliphatic hydroxyl groups is 1. The molecule has 3 N–H and O–H groups in total. The van der Waals surface area contributed by atoms with Crippen LogP contribution in [0.15, 0.2) is 23.8 Å². The lowest BCUT2D eigenvalue weighted by atomic mass is 9.42. The normalized spacial score (nSPS) is 36.2. The largest absolute Gasteiger partial charge is 0.481 e. The van der Waals surface area contributed by atoms with Gasteiger partial charge in [-0.2, -0.15) is 0 Å². The fourth-order valence-electron chi connectivity index (χ4n) is 9.63. The van der Waals surface area contributed by atoms with E-state index in [4.69, 9.17) is 21.1 Å². The van der Waals surface area contributed by atoms with Crippen LogP contribution in [0.25, 0.3) is 0 Å². The van der Waals surface area contributed by atoms with Gasteiger partial charge in [0, 0.05) is 42.4 Å². The van der Waals surface area contributed by atoms with Crippen LogP contribution in [0.4, 0.5) is 0 Å². The van der Waals surface area contributed by atoms with Gasteiger partial charge in [0.15, 0.2) is 18.0 Å². The molecule has 4 rings (SSSR count). The van der Waals surface area contributed by atoms with E-state index < -0.39 is 87.3 Å². The molecule has 254 valence electrons. The molecule has 4 aliphatic carbocycles. The molecule has 0 radical (unpaired) electrons. The molecule has 46 heavy (non-hydrogen) atoms. The maximum absolute atomic E-state index is 14.6.